The number of fused-ring (bicyclic) bond motifs is 1. The van der Waals surface area contributed by atoms with Crippen LogP contribution in [-0.2, 0) is 0 Å². The van der Waals surface area contributed by atoms with Gasteiger partial charge in [-0.25, -0.2) is 4.52 Å². The molecule has 0 aliphatic rings. The Morgan fingerprint density at radius 1 is 1.50 bits per heavy atom. The zero-order valence-electron chi connectivity index (χ0n) is 9.22. The maximum absolute atomic E-state index is 10.0. The maximum Gasteiger partial charge on any atom is 0.0835 e. The Bertz CT molecular complexity index is 533. The summed E-state index contributed by atoms with van der Waals surface area (Å²) < 4.78 is 1.77. The molecule has 0 aliphatic carbocycles. The average molecular weight is 214 g/mol. The van der Waals surface area contributed by atoms with Crippen molar-refractivity contribution in [1.82, 2.24) is 9.61 Å². The minimum absolute atomic E-state index is 0.485. The van der Waals surface area contributed by atoms with Crippen LogP contribution in [0.2, 0.25) is 0 Å². The van der Waals surface area contributed by atoms with Crippen molar-refractivity contribution in [2.75, 3.05) is 0 Å². The molecule has 1 N–H and O–H groups in total. The molecule has 2 aromatic heterocycles. The smallest absolute Gasteiger partial charge is 0.0835 e. The normalized spacial score (nSPS) is 12.1. The van der Waals surface area contributed by atoms with Crippen LogP contribution in [0.1, 0.15) is 31.4 Å². The molecule has 0 amide bonds. The van der Waals surface area contributed by atoms with Crippen LogP contribution in [0.3, 0.4) is 0 Å². The van der Waals surface area contributed by atoms with Gasteiger partial charge in [-0.15, -0.1) is 11.8 Å². The molecule has 0 aromatic carbocycles. The molecule has 16 heavy (non-hydrogen) atoms. The highest BCUT2D eigenvalue weighted by Gasteiger charge is 2.12. The molecule has 2 rings (SSSR count). The topological polar surface area (TPSA) is 37.5 Å². The van der Waals surface area contributed by atoms with E-state index in [1.54, 1.807) is 10.7 Å². The van der Waals surface area contributed by atoms with Crippen molar-refractivity contribution >= 4 is 5.52 Å². The van der Waals surface area contributed by atoms with Crippen molar-refractivity contribution in [2.45, 2.75) is 25.9 Å². The van der Waals surface area contributed by atoms with E-state index in [0.717, 1.165) is 11.1 Å². The molecule has 0 saturated carbocycles. The largest absolute Gasteiger partial charge is 0.388 e. The van der Waals surface area contributed by atoms with Gasteiger partial charge >= 0.3 is 0 Å². The number of nitrogens with zero attached hydrogens (tertiary/aromatic N) is 2. The van der Waals surface area contributed by atoms with E-state index < -0.39 is 6.10 Å². The van der Waals surface area contributed by atoms with Crippen molar-refractivity contribution in [3.05, 3.63) is 36.2 Å². The Balaban J connectivity index is 2.21. The van der Waals surface area contributed by atoms with Crippen LogP contribution in [0.4, 0.5) is 0 Å². The predicted molar refractivity (Wildman–Crippen MR) is 62.8 cm³/mol. The van der Waals surface area contributed by atoms with Gasteiger partial charge in [-0.05, 0) is 25.5 Å². The Kier molecular flexibility index (Phi) is 3.23. The van der Waals surface area contributed by atoms with Gasteiger partial charge < -0.3 is 5.11 Å². The predicted octanol–water partition coefficient (Wildman–Crippen LogP) is 2.17. The molecule has 0 aliphatic heterocycles. The highest BCUT2D eigenvalue weighted by atomic mass is 16.3. The Morgan fingerprint density at radius 3 is 3.19 bits per heavy atom. The third kappa shape index (κ3) is 2.07. The summed E-state index contributed by atoms with van der Waals surface area (Å²) in [6.45, 7) is 1.81. The number of hydrogen-bond acceptors (Lipinski definition) is 2. The van der Waals surface area contributed by atoms with E-state index in [0.29, 0.717) is 12.8 Å². The Hall–Kier alpha value is -1.79. The standard InChI is InChI=1S/C13H14N2O/c1-2-3-4-8-13(16)11-10-14-15-9-6-5-7-12(11)15/h5-7,9-10,13,16H,4,8H2,1H3. The number of hydrogen-bond donors (Lipinski definition) is 1. The van der Waals surface area contributed by atoms with Gasteiger partial charge in [0.2, 0.25) is 0 Å². The second-order valence-electron chi connectivity index (χ2n) is 3.61. The fourth-order valence-electron chi connectivity index (χ4n) is 1.70. The number of pyridine rings is 1. The van der Waals surface area contributed by atoms with Crippen LogP contribution < -0.4 is 0 Å². The summed E-state index contributed by atoms with van der Waals surface area (Å²) in [5, 5.41) is 14.2. The lowest BCUT2D eigenvalue weighted by atomic mass is 10.1. The van der Waals surface area contributed by atoms with Crippen LogP contribution in [-0.4, -0.2) is 14.7 Å². The molecule has 1 atom stereocenters. The van der Waals surface area contributed by atoms with E-state index in [4.69, 9.17) is 0 Å². The zero-order chi connectivity index (χ0) is 11.4. The molecular formula is C13H14N2O. The molecule has 0 bridgehead atoms. The van der Waals surface area contributed by atoms with Crippen LogP contribution in [0.5, 0.6) is 0 Å². The minimum Gasteiger partial charge on any atom is -0.388 e. The van der Waals surface area contributed by atoms with E-state index in [9.17, 15) is 5.11 Å². The summed E-state index contributed by atoms with van der Waals surface area (Å²) in [4.78, 5) is 0. The third-order valence-electron chi connectivity index (χ3n) is 2.53. The number of aromatic nitrogens is 2. The lowest BCUT2D eigenvalue weighted by Gasteiger charge is -2.06. The second-order valence-corrected chi connectivity index (χ2v) is 3.61. The first kappa shape index (κ1) is 10.7. The van der Waals surface area contributed by atoms with E-state index in [2.05, 4.69) is 16.9 Å². The van der Waals surface area contributed by atoms with Gasteiger partial charge in [0.1, 0.15) is 0 Å². The van der Waals surface area contributed by atoms with Crippen molar-refractivity contribution in [2.24, 2.45) is 0 Å². The summed E-state index contributed by atoms with van der Waals surface area (Å²) in [5.41, 5.74) is 1.83. The fraction of sp³-hybridized carbons (Fsp3) is 0.308. The van der Waals surface area contributed by atoms with Crippen molar-refractivity contribution in [3.8, 4) is 11.8 Å². The lowest BCUT2D eigenvalue weighted by Crippen LogP contribution is -1.96. The molecule has 0 fully saturated rings. The van der Waals surface area contributed by atoms with Crippen LogP contribution >= 0.6 is 0 Å². The SMILES string of the molecule is CC#CCCC(O)c1cnn2ccccc12. The Morgan fingerprint density at radius 2 is 2.38 bits per heavy atom. The minimum atomic E-state index is -0.485. The van der Waals surface area contributed by atoms with Gasteiger partial charge in [-0.1, -0.05) is 6.07 Å². The number of aliphatic hydroxyl groups is 1. The highest BCUT2D eigenvalue weighted by Crippen LogP contribution is 2.22. The molecule has 2 heterocycles. The number of rotatable bonds is 3. The molecule has 3 nitrogen and oxygen atoms in total. The van der Waals surface area contributed by atoms with Gasteiger partial charge in [-0.2, -0.15) is 5.10 Å². The molecular weight excluding hydrogens is 200 g/mol. The molecule has 3 heteroatoms. The summed E-state index contributed by atoms with van der Waals surface area (Å²) in [5.74, 6) is 5.78. The van der Waals surface area contributed by atoms with Crippen LogP contribution in [0, 0.1) is 11.8 Å². The quantitative estimate of drug-likeness (QED) is 0.795. The van der Waals surface area contributed by atoms with E-state index in [-0.39, 0.29) is 0 Å². The highest BCUT2D eigenvalue weighted by molar-refractivity contribution is 5.54. The van der Waals surface area contributed by atoms with Gasteiger partial charge in [-0.3, -0.25) is 0 Å². The molecule has 0 saturated heterocycles. The first-order valence-corrected chi connectivity index (χ1v) is 5.33. The lowest BCUT2D eigenvalue weighted by molar-refractivity contribution is 0.171. The first-order chi connectivity index (χ1) is 7.83. The zero-order valence-corrected chi connectivity index (χ0v) is 9.22. The van der Waals surface area contributed by atoms with Crippen LogP contribution in [0.25, 0.3) is 5.52 Å². The molecule has 0 radical (unpaired) electrons. The van der Waals surface area contributed by atoms with Gasteiger partial charge in [0, 0.05) is 18.2 Å². The number of aliphatic hydroxyl groups excluding tert-OH is 1. The third-order valence-corrected chi connectivity index (χ3v) is 2.53. The van der Waals surface area contributed by atoms with Gasteiger partial charge in [0.15, 0.2) is 0 Å². The Labute approximate surface area is 94.7 Å². The van der Waals surface area contributed by atoms with Crippen molar-refractivity contribution in [1.29, 1.82) is 0 Å². The van der Waals surface area contributed by atoms with E-state index in [1.807, 2.05) is 31.3 Å². The first-order valence-electron chi connectivity index (χ1n) is 5.33. The summed E-state index contributed by atoms with van der Waals surface area (Å²) in [7, 11) is 0. The average Bonchev–Trinajstić information content (AvgIpc) is 2.73. The monoisotopic (exact) mass is 214 g/mol. The molecule has 82 valence electrons. The molecule has 0 spiro atoms. The van der Waals surface area contributed by atoms with E-state index in [1.165, 1.54) is 0 Å². The summed E-state index contributed by atoms with van der Waals surface area (Å²) in [6, 6.07) is 5.81. The molecule has 2 aromatic rings. The van der Waals surface area contributed by atoms with Crippen LogP contribution in [0.15, 0.2) is 30.6 Å². The van der Waals surface area contributed by atoms with Crippen molar-refractivity contribution in [3.63, 3.8) is 0 Å². The molecule has 1 unspecified atom stereocenters. The van der Waals surface area contributed by atoms with Crippen molar-refractivity contribution < 1.29 is 5.11 Å². The van der Waals surface area contributed by atoms with E-state index >= 15 is 0 Å². The van der Waals surface area contributed by atoms with Gasteiger partial charge in [0.25, 0.3) is 0 Å². The van der Waals surface area contributed by atoms with Gasteiger partial charge in [0.05, 0.1) is 17.8 Å². The maximum atomic E-state index is 10.0. The fourth-order valence-corrected chi connectivity index (χ4v) is 1.70. The second kappa shape index (κ2) is 4.82. The summed E-state index contributed by atoms with van der Waals surface area (Å²) >= 11 is 0. The summed E-state index contributed by atoms with van der Waals surface area (Å²) in [6.07, 6.45) is 4.47.